The fraction of sp³-hybridized carbons (Fsp3) is 0.952. The first kappa shape index (κ1) is 30.6. The van der Waals surface area contributed by atoms with Crippen molar-refractivity contribution in [2.24, 2.45) is 0 Å². The summed E-state index contributed by atoms with van der Waals surface area (Å²) in [6.45, 7) is 5.56. The van der Waals surface area contributed by atoms with Gasteiger partial charge in [0.25, 0.3) is 10.1 Å². The third-order valence-corrected chi connectivity index (χ3v) is 5.94. The van der Waals surface area contributed by atoms with Gasteiger partial charge in [-0.05, 0) is 20.3 Å². The first-order valence-corrected chi connectivity index (χ1v) is 12.5. The Kier molecular flexibility index (Phi) is 21.1. The molecule has 28 heavy (non-hydrogen) atoms. The van der Waals surface area contributed by atoms with Gasteiger partial charge in [-0.25, -0.2) is 0 Å². The van der Waals surface area contributed by atoms with Gasteiger partial charge in [0.15, 0.2) is 5.25 Å². The van der Waals surface area contributed by atoms with E-state index in [0.717, 1.165) is 19.3 Å². The van der Waals surface area contributed by atoms with E-state index in [-0.39, 0.29) is 36.0 Å². The average Bonchev–Trinajstić information content (AvgIpc) is 2.56. The second kappa shape index (κ2) is 19.3. The summed E-state index contributed by atoms with van der Waals surface area (Å²) in [6, 6.07) is 0. The van der Waals surface area contributed by atoms with Crippen LogP contribution in [0.15, 0.2) is 0 Å². The summed E-state index contributed by atoms with van der Waals surface area (Å²) in [6.07, 6.45) is 16.7. The minimum absolute atomic E-state index is 0. The van der Waals surface area contributed by atoms with Crippen LogP contribution < -0.4 is 29.6 Å². The quantitative estimate of drug-likeness (QED) is 0.157. The summed E-state index contributed by atoms with van der Waals surface area (Å²) in [7, 11) is -4.40. The molecule has 0 bridgehead atoms. The van der Waals surface area contributed by atoms with Gasteiger partial charge in [0.1, 0.15) is 0 Å². The van der Waals surface area contributed by atoms with Crippen molar-refractivity contribution in [2.45, 2.75) is 128 Å². The Morgan fingerprint density at radius 2 is 1.14 bits per heavy atom. The molecule has 0 heterocycles. The number of ether oxygens (including phenoxy) is 1. The molecule has 0 aromatic heterocycles. The normalized spacial score (nSPS) is 12.6. The summed E-state index contributed by atoms with van der Waals surface area (Å²) in [5.74, 6) is -0.845. The zero-order chi connectivity index (χ0) is 20.5. The van der Waals surface area contributed by atoms with Crippen LogP contribution in [0, 0.1) is 0 Å². The minimum atomic E-state index is -4.40. The summed E-state index contributed by atoms with van der Waals surface area (Å²) < 4.78 is 36.9. The largest absolute Gasteiger partial charge is 1.00 e. The van der Waals surface area contributed by atoms with Crippen LogP contribution in [0.1, 0.15) is 117 Å². The van der Waals surface area contributed by atoms with E-state index in [1.54, 1.807) is 13.8 Å². The third-order valence-electron chi connectivity index (χ3n) is 4.79. The van der Waals surface area contributed by atoms with E-state index in [1.165, 1.54) is 64.2 Å². The first-order chi connectivity index (χ1) is 12.8. The first-order valence-electron chi connectivity index (χ1n) is 11.0. The van der Waals surface area contributed by atoms with Gasteiger partial charge in [-0.1, -0.05) is 96.8 Å². The van der Waals surface area contributed by atoms with E-state index in [1.807, 2.05) is 0 Å². The molecule has 0 saturated carbocycles. The molecule has 7 heteroatoms. The van der Waals surface area contributed by atoms with Crippen molar-refractivity contribution in [1.29, 1.82) is 0 Å². The Morgan fingerprint density at radius 1 is 0.786 bits per heavy atom. The van der Waals surface area contributed by atoms with Crippen molar-refractivity contribution in [1.82, 2.24) is 0 Å². The van der Waals surface area contributed by atoms with Crippen molar-refractivity contribution >= 4 is 16.1 Å². The van der Waals surface area contributed by atoms with Crippen LogP contribution >= 0.6 is 0 Å². The standard InChI is InChI=1S/C21H42O5S.Na/c1-4-5-6-7-8-9-10-11-12-13-14-15-16-17-18-20(27(23,24)25)21(22)26-19(2)3;/h19-20H,4-18H2,1-3H3,(H,23,24,25);/q;+1. The van der Waals surface area contributed by atoms with Gasteiger partial charge in [0.2, 0.25) is 0 Å². The molecule has 0 rings (SSSR count). The Bertz CT molecular complexity index is 465. The zero-order valence-electron chi connectivity index (χ0n) is 18.7. The maximum atomic E-state index is 11.8. The molecule has 0 aliphatic rings. The van der Waals surface area contributed by atoms with Gasteiger partial charge in [-0.3, -0.25) is 9.35 Å². The van der Waals surface area contributed by atoms with E-state index in [2.05, 4.69) is 6.92 Å². The van der Waals surface area contributed by atoms with Gasteiger partial charge in [0, 0.05) is 0 Å². The summed E-state index contributed by atoms with van der Waals surface area (Å²) in [5.41, 5.74) is 0. The van der Waals surface area contributed by atoms with E-state index < -0.39 is 27.4 Å². The van der Waals surface area contributed by atoms with E-state index in [4.69, 9.17) is 4.74 Å². The monoisotopic (exact) mass is 429 g/mol. The van der Waals surface area contributed by atoms with Crippen LogP contribution in [0.3, 0.4) is 0 Å². The minimum Gasteiger partial charge on any atom is -0.462 e. The van der Waals surface area contributed by atoms with Gasteiger partial charge < -0.3 is 4.74 Å². The van der Waals surface area contributed by atoms with Crippen LogP contribution in [-0.4, -0.2) is 30.3 Å². The third kappa shape index (κ3) is 18.4. The van der Waals surface area contributed by atoms with E-state index in [0.29, 0.717) is 6.42 Å². The zero-order valence-corrected chi connectivity index (χ0v) is 21.6. The van der Waals surface area contributed by atoms with Crippen molar-refractivity contribution in [3.63, 3.8) is 0 Å². The van der Waals surface area contributed by atoms with E-state index in [9.17, 15) is 17.8 Å². The van der Waals surface area contributed by atoms with E-state index >= 15 is 0 Å². The molecule has 0 amide bonds. The molecule has 1 atom stereocenters. The Balaban J connectivity index is 0. The van der Waals surface area contributed by atoms with Crippen molar-refractivity contribution < 1.29 is 52.1 Å². The number of rotatable bonds is 18. The van der Waals surface area contributed by atoms with Gasteiger partial charge in [-0.15, -0.1) is 0 Å². The molecule has 162 valence electrons. The van der Waals surface area contributed by atoms with Crippen LogP contribution in [0.2, 0.25) is 0 Å². The Morgan fingerprint density at radius 3 is 1.46 bits per heavy atom. The predicted molar refractivity (Wildman–Crippen MR) is 111 cm³/mol. The molecule has 0 fully saturated rings. The number of unbranched alkanes of at least 4 members (excludes halogenated alkanes) is 13. The molecule has 0 aromatic rings. The van der Waals surface area contributed by atoms with Gasteiger partial charge in [-0.2, -0.15) is 8.42 Å². The topological polar surface area (TPSA) is 80.7 Å². The van der Waals surface area contributed by atoms with Crippen LogP contribution in [-0.2, 0) is 19.6 Å². The summed E-state index contributed by atoms with van der Waals surface area (Å²) in [5, 5.41) is -1.45. The number of hydrogen-bond donors (Lipinski definition) is 1. The maximum Gasteiger partial charge on any atom is 1.00 e. The fourth-order valence-electron chi connectivity index (χ4n) is 3.22. The molecular weight excluding hydrogens is 387 g/mol. The van der Waals surface area contributed by atoms with Crippen molar-refractivity contribution in [3.05, 3.63) is 0 Å². The number of esters is 1. The Hall–Kier alpha value is 0.380. The van der Waals surface area contributed by atoms with Gasteiger partial charge >= 0.3 is 35.5 Å². The van der Waals surface area contributed by atoms with Crippen LogP contribution in [0.25, 0.3) is 0 Å². The molecule has 0 spiro atoms. The molecule has 0 saturated heterocycles. The summed E-state index contributed by atoms with van der Waals surface area (Å²) >= 11 is 0. The molecule has 0 aromatic carbocycles. The molecule has 5 nitrogen and oxygen atoms in total. The number of carbonyl (C=O) groups is 1. The Labute approximate surface area is 195 Å². The SMILES string of the molecule is CCCCCCCCCCCCCCCCC(C(=O)OC(C)C)S(=O)(=O)O.[Na+]. The number of carbonyl (C=O) groups excluding carboxylic acids is 1. The molecule has 0 aliphatic carbocycles. The molecule has 1 N–H and O–H groups in total. The molecule has 0 radical (unpaired) electrons. The van der Waals surface area contributed by atoms with Crippen LogP contribution in [0.5, 0.6) is 0 Å². The average molecular weight is 430 g/mol. The molecular formula is C21H42NaO5S+. The van der Waals surface area contributed by atoms with Crippen molar-refractivity contribution in [3.8, 4) is 0 Å². The second-order valence-electron chi connectivity index (χ2n) is 7.87. The second-order valence-corrected chi connectivity index (χ2v) is 9.47. The predicted octanol–water partition coefficient (Wildman–Crippen LogP) is 3.07. The fourth-order valence-corrected chi connectivity index (χ4v) is 3.98. The smallest absolute Gasteiger partial charge is 0.462 e. The van der Waals surface area contributed by atoms with Crippen LogP contribution in [0.4, 0.5) is 0 Å². The van der Waals surface area contributed by atoms with Gasteiger partial charge in [0.05, 0.1) is 6.10 Å². The maximum absolute atomic E-state index is 11.8. The van der Waals surface area contributed by atoms with Crippen molar-refractivity contribution in [2.75, 3.05) is 0 Å². The molecule has 0 aliphatic heterocycles. The number of hydrogen-bond acceptors (Lipinski definition) is 4. The molecule has 1 unspecified atom stereocenters. The summed E-state index contributed by atoms with van der Waals surface area (Å²) in [4.78, 5) is 11.8.